The maximum absolute atomic E-state index is 13.5. The number of carbonyl (C=O) groups is 2. The molecule has 3 heterocycles. The zero-order valence-corrected chi connectivity index (χ0v) is 32.1. The number of benzene rings is 2. The van der Waals surface area contributed by atoms with Crippen LogP contribution in [0.2, 0.25) is 0 Å². The monoisotopic (exact) mass is 722 g/mol. The van der Waals surface area contributed by atoms with Crippen molar-refractivity contribution in [3.05, 3.63) is 89.9 Å². The molecule has 0 radical (unpaired) electrons. The summed E-state index contributed by atoms with van der Waals surface area (Å²) < 4.78 is 17.4. The summed E-state index contributed by atoms with van der Waals surface area (Å²) in [5.41, 5.74) is 5.26. The van der Waals surface area contributed by atoms with Crippen LogP contribution in [-0.2, 0) is 21.6 Å². The van der Waals surface area contributed by atoms with E-state index in [1.165, 1.54) is 12.3 Å². The van der Waals surface area contributed by atoms with E-state index in [-0.39, 0.29) is 35.5 Å². The fraction of sp³-hybridized carbons (Fsp3) is 0.375. The van der Waals surface area contributed by atoms with E-state index in [4.69, 9.17) is 24.2 Å². The number of esters is 1. The SMILES string of the molecule is C=CC(=O)Nc1cc(Nc2ncc(C(=O)OC(C)C)c(N3CC(C)(C)c4nc(C)ccc43)n2)c(OCc2ccc(OC)cc2)cc1N(C)CCN(C)C. The fourth-order valence-electron chi connectivity index (χ4n) is 5.93. The number of pyridine rings is 1. The summed E-state index contributed by atoms with van der Waals surface area (Å²) in [6.45, 7) is 15.7. The number of amides is 1. The van der Waals surface area contributed by atoms with E-state index in [9.17, 15) is 9.59 Å². The summed E-state index contributed by atoms with van der Waals surface area (Å²) in [6.07, 6.45) is 2.36. The van der Waals surface area contributed by atoms with Crippen molar-refractivity contribution in [2.45, 2.75) is 52.7 Å². The molecule has 0 saturated carbocycles. The van der Waals surface area contributed by atoms with Crippen LogP contribution >= 0.6 is 0 Å². The second-order valence-electron chi connectivity index (χ2n) is 14.2. The highest BCUT2D eigenvalue weighted by Crippen LogP contribution is 2.44. The molecule has 2 N–H and O–H groups in total. The average Bonchev–Trinajstić information content (AvgIpc) is 3.39. The summed E-state index contributed by atoms with van der Waals surface area (Å²) in [4.78, 5) is 46.7. The molecule has 0 bridgehead atoms. The van der Waals surface area contributed by atoms with E-state index >= 15 is 0 Å². The Balaban J connectivity index is 1.61. The minimum absolute atomic E-state index is 0.205. The lowest BCUT2D eigenvalue weighted by molar-refractivity contribution is -0.111. The van der Waals surface area contributed by atoms with Crippen LogP contribution in [-0.4, -0.2) is 85.7 Å². The quantitative estimate of drug-likeness (QED) is 0.101. The summed E-state index contributed by atoms with van der Waals surface area (Å²) in [5, 5.41) is 6.29. The number of hydrogen-bond acceptors (Lipinski definition) is 12. The molecule has 0 unspecified atom stereocenters. The van der Waals surface area contributed by atoms with Crippen molar-refractivity contribution in [3.63, 3.8) is 0 Å². The van der Waals surface area contributed by atoms with Gasteiger partial charge < -0.3 is 39.5 Å². The number of ether oxygens (including phenoxy) is 3. The molecule has 1 aliphatic rings. The molecule has 0 spiro atoms. The molecule has 4 aromatic rings. The molecule has 13 nitrogen and oxygen atoms in total. The maximum Gasteiger partial charge on any atom is 0.343 e. The van der Waals surface area contributed by atoms with Crippen molar-refractivity contribution in [1.82, 2.24) is 19.9 Å². The van der Waals surface area contributed by atoms with Crippen LogP contribution in [0.15, 0.2) is 67.4 Å². The van der Waals surface area contributed by atoms with Gasteiger partial charge in [-0.3, -0.25) is 9.78 Å². The Bertz CT molecular complexity index is 1960. The number of rotatable bonds is 15. The second kappa shape index (κ2) is 16.3. The molecular formula is C40H50N8O5. The maximum atomic E-state index is 13.5. The van der Waals surface area contributed by atoms with Gasteiger partial charge in [-0.15, -0.1) is 0 Å². The third-order valence-corrected chi connectivity index (χ3v) is 8.72. The number of likely N-dealkylation sites (N-methyl/N-ethyl adjacent to an activating group) is 2. The number of aromatic nitrogens is 3. The second-order valence-corrected chi connectivity index (χ2v) is 14.2. The summed E-state index contributed by atoms with van der Waals surface area (Å²) in [7, 11) is 7.59. The van der Waals surface area contributed by atoms with E-state index in [0.717, 1.165) is 40.6 Å². The predicted molar refractivity (Wildman–Crippen MR) is 209 cm³/mol. The molecule has 1 amide bonds. The Morgan fingerprint density at radius 3 is 2.43 bits per heavy atom. The number of aryl methyl sites for hydroxylation is 1. The van der Waals surface area contributed by atoms with Crippen LogP contribution in [0.1, 0.15) is 55.0 Å². The standard InChI is InChI=1S/C40H50N8O5/c1-11-35(49)43-30-20-31(34(21-33(30)47(9)19-18-46(7)8)52-23-27-13-15-28(51-10)16-14-27)44-39-41-22-29(38(50)53-25(2)3)37(45-39)48-24-40(5,6)36-32(48)17-12-26(4)42-36/h11-17,20-22,25H,1,18-19,23-24H2,2-10H3,(H,43,49)(H,41,44,45). The molecule has 280 valence electrons. The smallest absolute Gasteiger partial charge is 0.343 e. The Hall–Kier alpha value is -5.69. The van der Waals surface area contributed by atoms with Crippen molar-refractivity contribution in [3.8, 4) is 11.5 Å². The third kappa shape index (κ3) is 9.22. The van der Waals surface area contributed by atoms with Gasteiger partial charge in [0.25, 0.3) is 0 Å². The van der Waals surface area contributed by atoms with Crippen LogP contribution in [0, 0.1) is 6.92 Å². The number of nitrogens with one attached hydrogen (secondary N) is 2. The fourth-order valence-corrected chi connectivity index (χ4v) is 5.93. The van der Waals surface area contributed by atoms with Gasteiger partial charge in [-0.2, -0.15) is 4.98 Å². The summed E-state index contributed by atoms with van der Waals surface area (Å²) >= 11 is 0. The largest absolute Gasteiger partial charge is 0.497 e. The van der Waals surface area contributed by atoms with Gasteiger partial charge in [0.1, 0.15) is 23.7 Å². The van der Waals surface area contributed by atoms with E-state index in [2.05, 4.69) is 45.8 Å². The predicted octanol–water partition coefficient (Wildman–Crippen LogP) is 6.63. The summed E-state index contributed by atoms with van der Waals surface area (Å²) in [5.74, 6) is 0.923. The van der Waals surface area contributed by atoms with Crippen molar-refractivity contribution < 1.29 is 23.8 Å². The van der Waals surface area contributed by atoms with Crippen molar-refractivity contribution in [1.29, 1.82) is 0 Å². The molecule has 53 heavy (non-hydrogen) atoms. The molecule has 1 aliphatic heterocycles. The Morgan fingerprint density at radius 2 is 1.77 bits per heavy atom. The van der Waals surface area contributed by atoms with Crippen molar-refractivity contribution >= 4 is 46.4 Å². The van der Waals surface area contributed by atoms with E-state index < -0.39 is 5.97 Å². The van der Waals surface area contributed by atoms with Crippen LogP contribution < -0.4 is 29.9 Å². The molecule has 2 aromatic heterocycles. The lowest BCUT2D eigenvalue weighted by Gasteiger charge is -2.26. The molecular weight excluding hydrogens is 672 g/mol. The first-order valence-corrected chi connectivity index (χ1v) is 17.5. The summed E-state index contributed by atoms with van der Waals surface area (Å²) in [6, 6.07) is 15.2. The third-order valence-electron chi connectivity index (χ3n) is 8.72. The van der Waals surface area contributed by atoms with Gasteiger partial charge in [-0.25, -0.2) is 9.78 Å². The first kappa shape index (κ1) is 38.5. The van der Waals surface area contributed by atoms with Gasteiger partial charge in [0.2, 0.25) is 11.9 Å². The molecule has 2 aromatic carbocycles. The van der Waals surface area contributed by atoms with Crippen molar-refractivity contribution in [2.24, 2.45) is 0 Å². The molecule has 0 fully saturated rings. The number of methoxy groups -OCH3 is 1. The van der Waals surface area contributed by atoms with E-state index in [1.807, 2.05) is 75.4 Å². The lowest BCUT2D eigenvalue weighted by atomic mass is 9.91. The van der Waals surface area contributed by atoms with Gasteiger partial charge in [-0.1, -0.05) is 32.6 Å². The Kier molecular flexibility index (Phi) is 11.9. The normalized spacial score (nSPS) is 13.1. The minimum Gasteiger partial charge on any atom is -0.497 e. The van der Waals surface area contributed by atoms with Gasteiger partial charge in [0.05, 0.1) is 41.7 Å². The molecule has 5 rings (SSSR count). The molecule has 13 heteroatoms. The van der Waals surface area contributed by atoms with Gasteiger partial charge >= 0.3 is 5.97 Å². The van der Waals surface area contributed by atoms with Gasteiger partial charge in [-0.05, 0) is 76.8 Å². The molecule has 0 saturated heterocycles. The van der Waals surface area contributed by atoms with Crippen LogP contribution in [0.5, 0.6) is 11.5 Å². The van der Waals surface area contributed by atoms with Crippen molar-refractivity contribution in [2.75, 3.05) is 68.3 Å². The highest BCUT2D eigenvalue weighted by Gasteiger charge is 2.40. The van der Waals surface area contributed by atoms with Crippen LogP contribution in [0.3, 0.4) is 0 Å². The minimum atomic E-state index is -0.532. The highest BCUT2D eigenvalue weighted by molar-refractivity contribution is 6.02. The number of hydrogen-bond donors (Lipinski definition) is 2. The molecule has 0 aliphatic carbocycles. The first-order chi connectivity index (χ1) is 25.2. The first-order valence-electron chi connectivity index (χ1n) is 17.5. The number of nitrogens with zero attached hydrogens (tertiary/aromatic N) is 6. The topological polar surface area (TPSA) is 134 Å². The Labute approximate surface area is 312 Å². The number of fused-ring (bicyclic) bond motifs is 1. The lowest BCUT2D eigenvalue weighted by Crippen LogP contribution is -2.29. The zero-order valence-electron chi connectivity index (χ0n) is 32.1. The highest BCUT2D eigenvalue weighted by atomic mass is 16.5. The number of carbonyl (C=O) groups excluding carboxylic acids is 2. The van der Waals surface area contributed by atoms with Crippen LogP contribution in [0.4, 0.5) is 34.5 Å². The molecule has 0 atom stereocenters. The van der Waals surface area contributed by atoms with E-state index in [0.29, 0.717) is 36.0 Å². The van der Waals surface area contributed by atoms with Crippen LogP contribution in [0.25, 0.3) is 0 Å². The van der Waals surface area contributed by atoms with Gasteiger partial charge in [0.15, 0.2) is 5.82 Å². The van der Waals surface area contributed by atoms with Gasteiger partial charge in [0, 0.05) is 50.1 Å². The zero-order chi connectivity index (χ0) is 38.4. The Morgan fingerprint density at radius 1 is 1.04 bits per heavy atom. The number of anilines is 6. The average molecular weight is 723 g/mol. The van der Waals surface area contributed by atoms with E-state index in [1.54, 1.807) is 27.0 Å².